The topological polar surface area (TPSA) is 66.4 Å². The van der Waals surface area contributed by atoms with E-state index < -0.39 is 17.8 Å². The molecule has 0 aromatic heterocycles. The lowest BCUT2D eigenvalue weighted by Crippen LogP contribution is -2.39. The molecule has 0 heterocycles. The van der Waals surface area contributed by atoms with Gasteiger partial charge < -0.3 is 10.4 Å². The van der Waals surface area contributed by atoms with Crippen LogP contribution in [-0.2, 0) is 9.59 Å². The Balaban J connectivity index is 2.48. The standard InChI is InChI=1S/C13H19NO3/c1-2-3-6-9-14-12(15)10-7-4-5-8-11(10)13(16)17/h2-5,10-11H,6-9H2,1H3,(H,14,15)(H,16,17)/b3-2+/t10-,11+/m1/s1. The van der Waals surface area contributed by atoms with E-state index in [9.17, 15) is 9.59 Å². The first-order chi connectivity index (χ1) is 8.16. The molecule has 94 valence electrons. The van der Waals surface area contributed by atoms with Crippen LogP contribution >= 0.6 is 0 Å². The number of amides is 1. The molecule has 4 heteroatoms. The number of nitrogens with one attached hydrogen (secondary N) is 1. The number of allylic oxidation sites excluding steroid dienone is 3. The summed E-state index contributed by atoms with van der Waals surface area (Å²) in [7, 11) is 0. The number of hydrogen-bond acceptors (Lipinski definition) is 2. The molecule has 0 aromatic carbocycles. The van der Waals surface area contributed by atoms with Crippen molar-refractivity contribution in [2.45, 2.75) is 26.2 Å². The smallest absolute Gasteiger partial charge is 0.307 e. The number of carboxylic acid groups (broad SMARTS) is 1. The Bertz CT molecular complexity index is 334. The van der Waals surface area contributed by atoms with E-state index in [4.69, 9.17) is 5.11 Å². The van der Waals surface area contributed by atoms with Crippen LogP contribution in [0.25, 0.3) is 0 Å². The maximum Gasteiger partial charge on any atom is 0.307 e. The van der Waals surface area contributed by atoms with Crippen molar-refractivity contribution in [3.63, 3.8) is 0 Å². The van der Waals surface area contributed by atoms with E-state index in [-0.39, 0.29) is 5.91 Å². The van der Waals surface area contributed by atoms with Crippen LogP contribution in [0, 0.1) is 11.8 Å². The molecule has 0 bridgehead atoms. The van der Waals surface area contributed by atoms with Crippen molar-refractivity contribution in [2.75, 3.05) is 6.54 Å². The molecular weight excluding hydrogens is 218 g/mol. The molecule has 1 rings (SSSR count). The van der Waals surface area contributed by atoms with Crippen LogP contribution in [0.5, 0.6) is 0 Å². The molecule has 2 N–H and O–H groups in total. The van der Waals surface area contributed by atoms with Gasteiger partial charge in [-0.25, -0.2) is 0 Å². The van der Waals surface area contributed by atoms with Gasteiger partial charge in [-0.15, -0.1) is 0 Å². The first-order valence-electron chi connectivity index (χ1n) is 5.93. The summed E-state index contributed by atoms with van der Waals surface area (Å²) in [4.78, 5) is 22.9. The Hall–Kier alpha value is -1.58. The Kier molecular flexibility index (Phi) is 5.46. The normalized spacial score (nSPS) is 23.8. The third kappa shape index (κ3) is 4.06. The van der Waals surface area contributed by atoms with Gasteiger partial charge in [0.05, 0.1) is 11.8 Å². The molecule has 1 amide bonds. The van der Waals surface area contributed by atoms with E-state index in [0.29, 0.717) is 19.4 Å². The Morgan fingerprint density at radius 3 is 2.59 bits per heavy atom. The zero-order valence-electron chi connectivity index (χ0n) is 10.1. The van der Waals surface area contributed by atoms with E-state index in [1.807, 2.05) is 31.2 Å². The lowest BCUT2D eigenvalue weighted by atomic mass is 9.82. The number of hydrogen-bond donors (Lipinski definition) is 2. The van der Waals surface area contributed by atoms with Gasteiger partial charge in [-0.1, -0.05) is 24.3 Å². The predicted octanol–water partition coefficient (Wildman–Crippen LogP) is 1.74. The van der Waals surface area contributed by atoms with Crippen molar-refractivity contribution in [2.24, 2.45) is 11.8 Å². The van der Waals surface area contributed by atoms with Gasteiger partial charge >= 0.3 is 5.97 Å². The zero-order valence-corrected chi connectivity index (χ0v) is 10.1. The van der Waals surface area contributed by atoms with Crippen molar-refractivity contribution in [1.29, 1.82) is 0 Å². The van der Waals surface area contributed by atoms with Crippen molar-refractivity contribution < 1.29 is 14.7 Å². The van der Waals surface area contributed by atoms with Gasteiger partial charge in [0.2, 0.25) is 5.91 Å². The monoisotopic (exact) mass is 237 g/mol. The van der Waals surface area contributed by atoms with Gasteiger partial charge in [-0.2, -0.15) is 0 Å². The summed E-state index contributed by atoms with van der Waals surface area (Å²) in [5, 5.41) is 11.8. The van der Waals surface area contributed by atoms with Gasteiger partial charge in [0.1, 0.15) is 0 Å². The fraction of sp³-hybridized carbons (Fsp3) is 0.538. The molecule has 0 saturated carbocycles. The molecule has 17 heavy (non-hydrogen) atoms. The molecule has 0 fully saturated rings. The number of carbonyl (C=O) groups is 2. The highest BCUT2D eigenvalue weighted by Crippen LogP contribution is 2.25. The van der Waals surface area contributed by atoms with Crippen LogP contribution in [0.3, 0.4) is 0 Å². The molecule has 1 aliphatic rings. The van der Waals surface area contributed by atoms with Crippen LogP contribution < -0.4 is 5.32 Å². The largest absolute Gasteiger partial charge is 0.481 e. The summed E-state index contributed by atoms with van der Waals surface area (Å²) in [6.07, 6.45) is 9.36. The average molecular weight is 237 g/mol. The van der Waals surface area contributed by atoms with Gasteiger partial charge in [-0.3, -0.25) is 9.59 Å². The summed E-state index contributed by atoms with van der Waals surface area (Å²) < 4.78 is 0. The fourth-order valence-corrected chi connectivity index (χ4v) is 1.95. The number of carbonyl (C=O) groups excluding carboxylic acids is 1. The van der Waals surface area contributed by atoms with E-state index >= 15 is 0 Å². The Morgan fingerprint density at radius 2 is 2.00 bits per heavy atom. The van der Waals surface area contributed by atoms with Crippen molar-refractivity contribution in [3.8, 4) is 0 Å². The summed E-state index contributed by atoms with van der Waals surface area (Å²) in [5.41, 5.74) is 0. The van der Waals surface area contributed by atoms with E-state index in [1.165, 1.54) is 0 Å². The minimum absolute atomic E-state index is 0.147. The van der Waals surface area contributed by atoms with Crippen LogP contribution in [0.15, 0.2) is 24.3 Å². The van der Waals surface area contributed by atoms with Gasteiger partial charge in [0.15, 0.2) is 0 Å². The van der Waals surface area contributed by atoms with Gasteiger partial charge in [0, 0.05) is 6.54 Å². The van der Waals surface area contributed by atoms with Crippen molar-refractivity contribution in [3.05, 3.63) is 24.3 Å². The first-order valence-corrected chi connectivity index (χ1v) is 5.93. The molecule has 0 saturated heterocycles. The summed E-state index contributed by atoms with van der Waals surface area (Å²) >= 11 is 0. The molecule has 1 aliphatic carbocycles. The summed E-state index contributed by atoms with van der Waals surface area (Å²) in [6, 6.07) is 0. The number of rotatable bonds is 5. The molecule has 4 nitrogen and oxygen atoms in total. The van der Waals surface area contributed by atoms with Crippen molar-refractivity contribution in [1.82, 2.24) is 5.32 Å². The van der Waals surface area contributed by atoms with Crippen LogP contribution in [0.2, 0.25) is 0 Å². The highest BCUT2D eigenvalue weighted by molar-refractivity contribution is 5.85. The van der Waals surface area contributed by atoms with Gasteiger partial charge in [0.25, 0.3) is 0 Å². The average Bonchev–Trinajstić information content (AvgIpc) is 2.34. The fourth-order valence-electron chi connectivity index (χ4n) is 1.95. The molecular formula is C13H19NO3. The zero-order chi connectivity index (χ0) is 12.7. The van der Waals surface area contributed by atoms with E-state index in [1.54, 1.807) is 0 Å². The molecule has 0 unspecified atom stereocenters. The van der Waals surface area contributed by atoms with E-state index in [2.05, 4.69) is 5.32 Å². The maximum absolute atomic E-state index is 11.8. The third-order valence-corrected chi connectivity index (χ3v) is 2.93. The first kappa shape index (κ1) is 13.5. The molecule has 0 aromatic rings. The highest BCUT2D eigenvalue weighted by atomic mass is 16.4. The quantitative estimate of drug-likeness (QED) is 0.565. The molecule has 0 radical (unpaired) electrons. The minimum atomic E-state index is -0.886. The molecule has 2 atom stereocenters. The lowest BCUT2D eigenvalue weighted by Gasteiger charge is -2.24. The second-order valence-corrected chi connectivity index (χ2v) is 4.14. The number of aliphatic carboxylic acids is 1. The van der Waals surface area contributed by atoms with E-state index in [0.717, 1.165) is 6.42 Å². The molecule has 0 aliphatic heterocycles. The Morgan fingerprint density at radius 1 is 1.35 bits per heavy atom. The van der Waals surface area contributed by atoms with Crippen LogP contribution in [-0.4, -0.2) is 23.5 Å². The highest BCUT2D eigenvalue weighted by Gasteiger charge is 2.33. The summed E-state index contributed by atoms with van der Waals surface area (Å²) in [6.45, 7) is 2.49. The predicted molar refractivity (Wildman–Crippen MR) is 65.4 cm³/mol. The minimum Gasteiger partial charge on any atom is -0.481 e. The van der Waals surface area contributed by atoms with Crippen LogP contribution in [0.1, 0.15) is 26.2 Å². The second-order valence-electron chi connectivity index (χ2n) is 4.14. The SMILES string of the molecule is C/C=C/CCNC(=O)[C@@H]1CC=CC[C@@H]1C(=O)O. The summed E-state index contributed by atoms with van der Waals surface area (Å²) in [5.74, 6) is -2.04. The molecule has 0 spiro atoms. The number of carboxylic acids is 1. The van der Waals surface area contributed by atoms with Crippen molar-refractivity contribution >= 4 is 11.9 Å². The second kappa shape index (κ2) is 6.89. The lowest BCUT2D eigenvalue weighted by molar-refractivity contribution is -0.147. The van der Waals surface area contributed by atoms with Crippen LogP contribution in [0.4, 0.5) is 0 Å². The maximum atomic E-state index is 11.8. The Labute approximate surface area is 101 Å². The third-order valence-electron chi connectivity index (χ3n) is 2.93. The van der Waals surface area contributed by atoms with Gasteiger partial charge in [-0.05, 0) is 26.2 Å².